The summed E-state index contributed by atoms with van der Waals surface area (Å²) in [5, 5.41) is 11.5. The van der Waals surface area contributed by atoms with E-state index in [1.54, 1.807) is 24.4 Å². The second kappa shape index (κ2) is 5.46. The normalized spacial score (nSPS) is 11.9. The monoisotopic (exact) mass is 240 g/mol. The molecule has 86 valence electrons. The van der Waals surface area contributed by atoms with Crippen molar-refractivity contribution in [3.05, 3.63) is 28.0 Å². The molecule has 0 atom stereocenters. The standard InChI is InChI=1S/C11H12O4S/c1-3-15-11(14)9(7(2)12)10(13)8-5-4-6-16-8/h4-6,13H,3H2,1-2H3/b10-9-. The third-order valence-electron chi connectivity index (χ3n) is 1.82. The Balaban J connectivity index is 3.15. The molecular formula is C11H12O4S. The number of ether oxygens (including phenoxy) is 1. The van der Waals surface area contributed by atoms with Gasteiger partial charge in [0, 0.05) is 0 Å². The van der Waals surface area contributed by atoms with E-state index in [-0.39, 0.29) is 17.9 Å². The zero-order valence-corrected chi connectivity index (χ0v) is 9.84. The summed E-state index contributed by atoms with van der Waals surface area (Å²) >= 11 is 1.24. The highest BCUT2D eigenvalue weighted by atomic mass is 32.1. The van der Waals surface area contributed by atoms with E-state index < -0.39 is 11.8 Å². The summed E-state index contributed by atoms with van der Waals surface area (Å²) in [6, 6.07) is 3.35. The van der Waals surface area contributed by atoms with Gasteiger partial charge in [0.1, 0.15) is 5.57 Å². The summed E-state index contributed by atoms with van der Waals surface area (Å²) < 4.78 is 4.71. The Morgan fingerprint density at radius 1 is 1.50 bits per heavy atom. The van der Waals surface area contributed by atoms with Gasteiger partial charge < -0.3 is 9.84 Å². The molecule has 0 amide bonds. The molecule has 0 aliphatic carbocycles. The molecule has 0 spiro atoms. The molecule has 1 heterocycles. The topological polar surface area (TPSA) is 63.6 Å². The van der Waals surface area contributed by atoms with E-state index in [0.717, 1.165) is 0 Å². The molecule has 16 heavy (non-hydrogen) atoms. The van der Waals surface area contributed by atoms with Gasteiger partial charge in [0.15, 0.2) is 11.5 Å². The van der Waals surface area contributed by atoms with E-state index in [2.05, 4.69) is 0 Å². The van der Waals surface area contributed by atoms with Crippen molar-refractivity contribution in [2.75, 3.05) is 6.61 Å². The number of hydrogen-bond donors (Lipinski definition) is 1. The van der Waals surface area contributed by atoms with Gasteiger partial charge in [-0.3, -0.25) is 4.79 Å². The second-order valence-corrected chi connectivity index (χ2v) is 3.93. The highest BCUT2D eigenvalue weighted by Gasteiger charge is 2.22. The first kappa shape index (κ1) is 12.4. The predicted octanol–water partition coefficient (Wildman–Crippen LogP) is 2.17. The van der Waals surface area contributed by atoms with Crippen LogP contribution >= 0.6 is 11.3 Å². The molecule has 5 heteroatoms. The van der Waals surface area contributed by atoms with Gasteiger partial charge in [0.25, 0.3) is 0 Å². The highest BCUT2D eigenvalue weighted by Crippen LogP contribution is 2.22. The minimum atomic E-state index is -0.791. The van der Waals surface area contributed by atoms with E-state index >= 15 is 0 Å². The summed E-state index contributed by atoms with van der Waals surface area (Å²) in [7, 11) is 0. The number of ketones is 1. The van der Waals surface area contributed by atoms with Gasteiger partial charge in [0.2, 0.25) is 0 Å². The number of thiophene rings is 1. The van der Waals surface area contributed by atoms with Crippen LogP contribution in [0.15, 0.2) is 23.1 Å². The first-order valence-electron chi connectivity index (χ1n) is 4.73. The van der Waals surface area contributed by atoms with Crippen molar-refractivity contribution in [1.29, 1.82) is 0 Å². The Hall–Kier alpha value is -1.62. The van der Waals surface area contributed by atoms with Gasteiger partial charge in [-0.25, -0.2) is 4.79 Å². The fourth-order valence-electron chi connectivity index (χ4n) is 1.15. The Bertz CT molecular complexity index is 417. The fraction of sp³-hybridized carbons (Fsp3) is 0.273. The lowest BCUT2D eigenvalue weighted by atomic mass is 10.1. The van der Waals surface area contributed by atoms with Gasteiger partial charge >= 0.3 is 5.97 Å². The molecule has 0 unspecified atom stereocenters. The smallest absolute Gasteiger partial charge is 0.345 e. The number of rotatable bonds is 4. The molecule has 0 aromatic carbocycles. The SMILES string of the molecule is CCOC(=O)/C(C(C)=O)=C(\O)c1cccs1. The van der Waals surface area contributed by atoms with E-state index in [0.29, 0.717) is 4.88 Å². The van der Waals surface area contributed by atoms with Crippen molar-refractivity contribution in [1.82, 2.24) is 0 Å². The fourth-order valence-corrected chi connectivity index (χ4v) is 1.82. The number of aliphatic hydroxyl groups excluding tert-OH is 1. The predicted molar refractivity (Wildman–Crippen MR) is 61.2 cm³/mol. The van der Waals surface area contributed by atoms with Crippen LogP contribution in [0.2, 0.25) is 0 Å². The van der Waals surface area contributed by atoms with Gasteiger partial charge in [-0.05, 0) is 25.3 Å². The Labute approximate surface area is 97.2 Å². The van der Waals surface area contributed by atoms with Crippen LogP contribution in [0.1, 0.15) is 18.7 Å². The molecule has 1 rings (SSSR count). The second-order valence-electron chi connectivity index (χ2n) is 2.98. The van der Waals surface area contributed by atoms with Crippen molar-refractivity contribution in [2.24, 2.45) is 0 Å². The minimum Gasteiger partial charge on any atom is -0.505 e. The number of esters is 1. The summed E-state index contributed by atoms with van der Waals surface area (Å²) in [5.74, 6) is -1.62. The quantitative estimate of drug-likeness (QED) is 0.288. The molecule has 1 aromatic heterocycles. The molecule has 0 fully saturated rings. The summed E-state index contributed by atoms with van der Waals surface area (Å²) in [6.45, 7) is 3.02. The van der Waals surface area contributed by atoms with Gasteiger partial charge in [-0.2, -0.15) is 0 Å². The van der Waals surface area contributed by atoms with Gasteiger partial charge in [-0.1, -0.05) is 6.07 Å². The molecule has 0 saturated carbocycles. The maximum atomic E-state index is 11.5. The molecule has 0 aliphatic heterocycles. The Kier molecular flexibility index (Phi) is 4.25. The van der Waals surface area contributed by atoms with Crippen molar-refractivity contribution in [3.63, 3.8) is 0 Å². The van der Waals surface area contributed by atoms with E-state index in [1.807, 2.05) is 0 Å². The third-order valence-corrected chi connectivity index (χ3v) is 2.70. The number of Topliss-reactive ketones (excluding diaryl/α,β-unsaturated/α-hetero) is 1. The van der Waals surface area contributed by atoms with Crippen LogP contribution in [-0.2, 0) is 14.3 Å². The van der Waals surface area contributed by atoms with Gasteiger partial charge in [0.05, 0.1) is 11.5 Å². The molecule has 0 radical (unpaired) electrons. The largest absolute Gasteiger partial charge is 0.505 e. The molecule has 1 aromatic rings. The number of carbonyl (C=O) groups is 2. The van der Waals surface area contributed by atoms with Crippen LogP contribution in [0.3, 0.4) is 0 Å². The van der Waals surface area contributed by atoms with Crippen LogP contribution < -0.4 is 0 Å². The molecule has 0 saturated heterocycles. The van der Waals surface area contributed by atoms with Crippen molar-refractivity contribution < 1.29 is 19.4 Å². The summed E-state index contributed by atoms with van der Waals surface area (Å²) in [4.78, 5) is 23.2. The zero-order valence-electron chi connectivity index (χ0n) is 9.02. The first-order valence-corrected chi connectivity index (χ1v) is 5.61. The van der Waals surface area contributed by atoms with Crippen molar-refractivity contribution in [3.8, 4) is 0 Å². The maximum Gasteiger partial charge on any atom is 0.345 e. The molecule has 1 N–H and O–H groups in total. The van der Waals surface area contributed by atoms with Crippen LogP contribution in [0.4, 0.5) is 0 Å². The zero-order chi connectivity index (χ0) is 12.1. The average molecular weight is 240 g/mol. The Morgan fingerprint density at radius 2 is 2.19 bits per heavy atom. The minimum absolute atomic E-state index is 0.160. The van der Waals surface area contributed by atoms with Crippen LogP contribution in [-0.4, -0.2) is 23.5 Å². The molecule has 4 nitrogen and oxygen atoms in total. The number of aliphatic hydroxyl groups is 1. The molecule has 0 aliphatic rings. The van der Waals surface area contributed by atoms with E-state index in [1.165, 1.54) is 18.3 Å². The number of carbonyl (C=O) groups excluding carboxylic acids is 2. The highest BCUT2D eigenvalue weighted by molar-refractivity contribution is 7.11. The lowest BCUT2D eigenvalue weighted by Crippen LogP contribution is -2.15. The summed E-state index contributed by atoms with van der Waals surface area (Å²) in [6.07, 6.45) is 0. The van der Waals surface area contributed by atoms with E-state index in [4.69, 9.17) is 4.74 Å². The van der Waals surface area contributed by atoms with Crippen molar-refractivity contribution in [2.45, 2.75) is 13.8 Å². The van der Waals surface area contributed by atoms with Crippen molar-refractivity contribution >= 4 is 28.8 Å². The van der Waals surface area contributed by atoms with E-state index in [9.17, 15) is 14.7 Å². The van der Waals surface area contributed by atoms with Crippen LogP contribution in [0, 0.1) is 0 Å². The summed E-state index contributed by atoms with van der Waals surface area (Å²) in [5.41, 5.74) is -0.302. The Morgan fingerprint density at radius 3 is 2.62 bits per heavy atom. The van der Waals surface area contributed by atoms with Crippen LogP contribution in [0.25, 0.3) is 5.76 Å². The third kappa shape index (κ3) is 2.70. The molecule has 0 bridgehead atoms. The molecular weight excluding hydrogens is 228 g/mol. The van der Waals surface area contributed by atoms with Crippen LogP contribution in [0.5, 0.6) is 0 Å². The lowest BCUT2D eigenvalue weighted by molar-refractivity contribution is -0.139. The maximum absolute atomic E-state index is 11.5. The van der Waals surface area contributed by atoms with Gasteiger partial charge in [-0.15, -0.1) is 11.3 Å². The average Bonchev–Trinajstić information content (AvgIpc) is 2.70. The number of hydrogen-bond acceptors (Lipinski definition) is 5. The lowest BCUT2D eigenvalue weighted by Gasteiger charge is -2.05. The first-order chi connectivity index (χ1) is 7.57.